The maximum Gasteiger partial charge on any atom is 0.251 e. The van der Waals surface area contributed by atoms with E-state index < -0.39 is 0 Å². The first-order chi connectivity index (χ1) is 11.8. The highest BCUT2D eigenvalue weighted by molar-refractivity contribution is 5.82. The van der Waals surface area contributed by atoms with Crippen LogP contribution in [0.2, 0.25) is 0 Å². The summed E-state index contributed by atoms with van der Waals surface area (Å²) >= 11 is 0. The number of hydrogen-bond acceptors (Lipinski definition) is 5. The van der Waals surface area contributed by atoms with Gasteiger partial charge in [0.05, 0.1) is 0 Å². The average Bonchev–Trinajstić information content (AvgIpc) is 2.63. The Morgan fingerprint density at radius 1 is 1.04 bits per heavy atom. The standard InChI is InChI=1S/C18H19N5O/c24-16-9-4-13-12-19-18(22-17(13)21-16)20-14-5-7-15(8-6-14)23-10-2-1-3-11-23/h4-8,12H,1-3,9-11H2,(H,20,21,22,24). The van der Waals surface area contributed by atoms with E-state index >= 15 is 0 Å². The number of fused-ring (bicyclic) bond motifs is 1. The zero-order chi connectivity index (χ0) is 16.4. The molecular formula is C18H19N5O. The molecule has 0 atom stereocenters. The van der Waals surface area contributed by atoms with Crippen molar-refractivity contribution in [2.24, 2.45) is 4.99 Å². The monoisotopic (exact) mass is 321 g/mol. The summed E-state index contributed by atoms with van der Waals surface area (Å²) in [4.78, 5) is 26.4. The predicted molar refractivity (Wildman–Crippen MR) is 92.7 cm³/mol. The number of anilines is 3. The topological polar surface area (TPSA) is 70.5 Å². The van der Waals surface area contributed by atoms with Crippen LogP contribution in [0.5, 0.6) is 0 Å². The predicted octanol–water partition coefficient (Wildman–Crippen LogP) is 1.54. The number of nitrogens with one attached hydrogen (secondary N) is 1. The van der Waals surface area contributed by atoms with Crippen LogP contribution in [0.3, 0.4) is 0 Å². The van der Waals surface area contributed by atoms with Crippen LogP contribution in [0.15, 0.2) is 35.5 Å². The van der Waals surface area contributed by atoms with Crippen molar-refractivity contribution >= 4 is 29.3 Å². The normalized spacial score (nSPS) is 16.8. The first-order valence-electron chi connectivity index (χ1n) is 8.35. The Labute approximate surface area is 140 Å². The number of rotatable bonds is 3. The van der Waals surface area contributed by atoms with Crippen LogP contribution in [0, 0.1) is 0 Å². The van der Waals surface area contributed by atoms with Crippen LogP contribution in [-0.2, 0) is 4.79 Å². The minimum absolute atomic E-state index is 0.168. The van der Waals surface area contributed by atoms with Crippen molar-refractivity contribution in [2.45, 2.75) is 25.7 Å². The second kappa shape index (κ2) is 6.39. The summed E-state index contributed by atoms with van der Waals surface area (Å²) in [5, 5.41) is 3.98. The molecule has 0 bridgehead atoms. The summed E-state index contributed by atoms with van der Waals surface area (Å²) in [6.45, 7) is 2.26. The number of hydrogen-bond donors (Lipinski definition) is 1. The molecule has 2 aliphatic heterocycles. The van der Waals surface area contributed by atoms with Crippen molar-refractivity contribution in [1.82, 2.24) is 9.97 Å². The lowest BCUT2D eigenvalue weighted by Crippen LogP contribution is -2.33. The summed E-state index contributed by atoms with van der Waals surface area (Å²) in [5.41, 5.74) is 2.61. The van der Waals surface area contributed by atoms with Gasteiger partial charge in [0, 0.05) is 42.3 Å². The number of piperidine rings is 1. The Morgan fingerprint density at radius 2 is 1.83 bits per heavy atom. The van der Waals surface area contributed by atoms with Crippen molar-refractivity contribution in [3.05, 3.63) is 41.2 Å². The van der Waals surface area contributed by atoms with E-state index in [9.17, 15) is 4.79 Å². The highest BCUT2D eigenvalue weighted by Gasteiger charge is 2.11. The number of nitrogens with zero attached hydrogens (tertiary/aromatic N) is 4. The van der Waals surface area contributed by atoms with Gasteiger partial charge in [-0.05, 0) is 43.5 Å². The van der Waals surface area contributed by atoms with Gasteiger partial charge < -0.3 is 10.2 Å². The van der Waals surface area contributed by atoms with E-state index in [0.29, 0.717) is 17.9 Å². The van der Waals surface area contributed by atoms with Gasteiger partial charge in [0.1, 0.15) is 0 Å². The van der Waals surface area contributed by atoms with Gasteiger partial charge >= 0.3 is 0 Å². The molecule has 3 heterocycles. The molecule has 2 aromatic rings. The van der Waals surface area contributed by atoms with Crippen LogP contribution in [-0.4, -0.2) is 29.0 Å². The molecule has 0 aliphatic carbocycles. The van der Waals surface area contributed by atoms with E-state index in [1.54, 1.807) is 6.20 Å². The lowest BCUT2D eigenvalue weighted by Gasteiger charge is -2.28. The molecule has 0 spiro atoms. The molecule has 122 valence electrons. The molecule has 6 nitrogen and oxygen atoms in total. The number of carbonyl (C=O) groups is 1. The highest BCUT2D eigenvalue weighted by atomic mass is 16.1. The van der Waals surface area contributed by atoms with Crippen molar-refractivity contribution < 1.29 is 4.79 Å². The van der Waals surface area contributed by atoms with E-state index in [1.165, 1.54) is 24.9 Å². The Kier molecular flexibility index (Phi) is 3.94. The SMILES string of the molecule is O=C1CC=c2cnc(Nc3ccc(N4CCCCC4)cc3)nc2=N1. The fourth-order valence-corrected chi connectivity index (χ4v) is 3.07. The zero-order valence-corrected chi connectivity index (χ0v) is 13.4. The van der Waals surface area contributed by atoms with Gasteiger partial charge in [0.15, 0.2) is 5.49 Å². The van der Waals surface area contributed by atoms with E-state index in [1.807, 2.05) is 18.2 Å². The molecule has 1 fully saturated rings. The van der Waals surface area contributed by atoms with Crippen molar-refractivity contribution in [3.63, 3.8) is 0 Å². The van der Waals surface area contributed by atoms with Gasteiger partial charge in [-0.1, -0.05) is 6.08 Å². The third kappa shape index (κ3) is 3.13. The Morgan fingerprint density at radius 3 is 2.62 bits per heavy atom. The minimum atomic E-state index is -0.168. The molecule has 1 aromatic carbocycles. The van der Waals surface area contributed by atoms with Crippen molar-refractivity contribution in [3.8, 4) is 0 Å². The van der Waals surface area contributed by atoms with Gasteiger partial charge in [-0.15, -0.1) is 0 Å². The van der Waals surface area contributed by atoms with Crippen molar-refractivity contribution in [2.75, 3.05) is 23.3 Å². The second-order valence-electron chi connectivity index (χ2n) is 6.11. The molecular weight excluding hydrogens is 302 g/mol. The molecule has 24 heavy (non-hydrogen) atoms. The molecule has 1 N–H and O–H groups in total. The Hall–Kier alpha value is -2.76. The van der Waals surface area contributed by atoms with Gasteiger partial charge in [0.2, 0.25) is 5.95 Å². The summed E-state index contributed by atoms with van der Waals surface area (Å²) in [6, 6.07) is 8.30. The lowest BCUT2D eigenvalue weighted by molar-refractivity contribution is -0.117. The Bertz CT molecular complexity index is 869. The first-order valence-corrected chi connectivity index (χ1v) is 8.35. The number of benzene rings is 1. The van der Waals surface area contributed by atoms with Gasteiger partial charge in [-0.25, -0.2) is 4.98 Å². The van der Waals surface area contributed by atoms with Gasteiger partial charge in [0.25, 0.3) is 5.91 Å². The number of aromatic nitrogens is 2. The van der Waals surface area contributed by atoms with Gasteiger partial charge in [-0.2, -0.15) is 9.98 Å². The molecule has 1 aromatic heterocycles. The van der Waals surface area contributed by atoms with Crippen LogP contribution in [0.4, 0.5) is 17.3 Å². The van der Waals surface area contributed by atoms with Crippen molar-refractivity contribution in [1.29, 1.82) is 0 Å². The molecule has 0 saturated carbocycles. The van der Waals surface area contributed by atoms with E-state index in [0.717, 1.165) is 24.0 Å². The maximum absolute atomic E-state index is 11.4. The number of amides is 1. The average molecular weight is 321 g/mol. The van der Waals surface area contributed by atoms with E-state index in [2.05, 4.69) is 37.3 Å². The largest absolute Gasteiger partial charge is 0.372 e. The Balaban J connectivity index is 1.52. The van der Waals surface area contributed by atoms with Crippen LogP contribution < -0.4 is 20.9 Å². The maximum atomic E-state index is 11.4. The quantitative estimate of drug-likeness (QED) is 0.928. The van der Waals surface area contributed by atoms with Crippen LogP contribution >= 0.6 is 0 Å². The summed E-state index contributed by atoms with van der Waals surface area (Å²) < 4.78 is 0. The van der Waals surface area contributed by atoms with Gasteiger partial charge in [-0.3, -0.25) is 4.79 Å². The fraction of sp³-hybridized carbons (Fsp3) is 0.333. The second-order valence-corrected chi connectivity index (χ2v) is 6.11. The summed E-state index contributed by atoms with van der Waals surface area (Å²) in [6.07, 6.45) is 7.69. The fourth-order valence-electron chi connectivity index (χ4n) is 3.07. The smallest absolute Gasteiger partial charge is 0.251 e. The van der Waals surface area contributed by atoms with Crippen LogP contribution in [0.25, 0.3) is 6.08 Å². The minimum Gasteiger partial charge on any atom is -0.372 e. The summed E-state index contributed by atoms with van der Waals surface area (Å²) in [5.74, 6) is 0.282. The van der Waals surface area contributed by atoms with E-state index in [-0.39, 0.29) is 5.91 Å². The van der Waals surface area contributed by atoms with E-state index in [4.69, 9.17) is 0 Å². The molecule has 2 aliphatic rings. The molecule has 1 saturated heterocycles. The highest BCUT2D eigenvalue weighted by Crippen LogP contribution is 2.22. The third-order valence-electron chi connectivity index (χ3n) is 4.37. The molecule has 4 rings (SSSR count). The molecule has 0 unspecified atom stereocenters. The molecule has 0 radical (unpaired) electrons. The zero-order valence-electron chi connectivity index (χ0n) is 13.4. The van der Waals surface area contributed by atoms with Crippen LogP contribution in [0.1, 0.15) is 25.7 Å². The summed E-state index contributed by atoms with van der Waals surface area (Å²) in [7, 11) is 0. The number of carbonyl (C=O) groups excluding carboxylic acids is 1. The molecule has 6 heteroatoms. The first kappa shape index (κ1) is 14.8. The third-order valence-corrected chi connectivity index (χ3v) is 4.37. The molecule has 1 amide bonds. The lowest BCUT2D eigenvalue weighted by atomic mass is 10.1.